The fourth-order valence-electron chi connectivity index (χ4n) is 1.74. The van der Waals surface area contributed by atoms with Gasteiger partial charge in [-0.05, 0) is 25.0 Å². The van der Waals surface area contributed by atoms with E-state index in [0.717, 1.165) is 11.4 Å². The van der Waals surface area contributed by atoms with Crippen LogP contribution in [0.25, 0.3) is 10.6 Å². The van der Waals surface area contributed by atoms with Crippen molar-refractivity contribution in [3.8, 4) is 10.6 Å². The van der Waals surface area contributed by atoms with Gasteiger partial charge < -0.3 is 5.32 Å². The second kappa shape index (κ2) is 4.96. The van der Waals surface area contributed by atoms with Crippen LogP contribution in [0, 0.1) is 5.82 Å². The number of halogens is 2. The zero-order valence-electron chi connectivity index (χ0n) is 9.62. The average Bonchev–Trinajstić information content (AvgIpc) is 3.06. The van der Waals surface area contributed by atoms with E-state index in [1.807, 2.05) is 0 Å². The Balaban J connectivity index is 1.83. The third-order valence-electron chi connectivity index (χ3n) is 2.87. The molecule has 0 amide bonds. The third-order valence-corrected chi connectivity index (χ3v) is 4.20. The van der Waals surface area contributed by atoms with Crippen molar-refractivity contribution in [1.82, 2.24) is 10.3 Å². The van der Waals surface area contributed by atoms with Gasteiger partial charge in [-0.3, -0.25) is 0 Å². The van der Waals surface area contributed by atoms with E-state index in [0.29, 0.717) is 21.6 Å². The van der Waals surface area contributed by atoms with Gasteiger partial charge in [0.2, 0.25) is 0 Å². The molecule has 1 aromatic heterocycles. The maximum absolute atomic E-state index is 13.7. The minimum atomic E-state index is -0.321. The normalized spacial score (nSPS) is 15.0. The lowest BCUT2D eigenvalue weighted by Gasteiger charge is -2.01. The van der Waals surface area contributed by atoms with Gasteiger partial charge in [0.1, 0.15) is 10.8 Å². The molecule has 0 bridgehead atoms. The van der Waals surface area contributed by atoms with E-state index in [4.69, 9.17) is 11.6 Å². The SMILES string of the molecule is Fc1cccc(Cl)c1-c1ncc(CNC2CC2)s1. The predicted molar refractivity (Wildman–Crippen MR) is 72.4 cm³/mol. The van der Waals surface area contributed by atoms with E-state index in [-0.39, 0.29) is 5.82 Å². The maximum Gasteiger partial charge on any atom is 0.134 e. The van der Waals surface area contributed by atoms with Crippen LogP contribution in [0.5, 0.6) is 0 Å². The highest BCUT2D eigenvalue weighted by Crippen LogP contribution is 2.33. The summed E-state index contributed by atoms with van der Waals surface area (Å²) in [7, 11) is 0. The molecule has 1 fully saturated rings. The van der Waals surface area contributed by atoms with Gasteiger partial charge >= 0.3 is 0 Å². The fraction of sp³-hybridized carbons (Fsp3) is 0.308. The van der Waals surface area contributed by atoms with Crippen molar-refractivity contribution in [2.24, 2.45) is 0 Å². The molecule has 2 nitrogen and oxygen atoms in total. The third kappa shape index (κ3) is 2.55. The van der Waals surface area contributed by atoms with Crippen LogP contribution in [0.4, 0.5) is 4.39 Å². The Morgan fingerprint density at radius 3 is 3.00 bits per heavy atom. The molecule has 0 unspecified atom stereocenters. The zero-order valence-corrected chi connectivity index (χ0v) is 11.2. The average molecular weight is 283 g/mol. The van der Waals surface area contributed by atoms with E-state index in [9.17, 15) is 4.39 Å². The molecule has 1 aliphatic rings. The highest BCUT2D eigenvalue weighted by atomic mass is 35.5. The van der Waals surface area contributed by atoms with Gasteiger partial charge in [-0.15, -0.1) is 11.3 Å². The number of benzene rings is 1. The monoisotopic (exact) mass is 282 g/mol. The van der Waals surface area contributed by atoms with Gasteiger partial charge in [-0.25, -0.2) is 9.37 Å². The number of hydrogen-bond acceptors (Lipinski definition) is 3. The molecule has 1 aromatic carbocycles. The Morgan fingerprint density at radius 2 is 2.28 bits per heavy atom. The van der Waals surface area contributed by atoms with Crippen molar-refractivity contribution in [1.29, 1.82) is 0 Å². The van der Waals surface area contributed by atoms with Crippen molar-refractivity contribution in [2.45, 2.75) is 25.4 Å². The topological polar surface area (TPSA) is 24.9 Å². The summed E-state index contributed by atoms with van der Waals surface area (Å²) in [6, 6.07) is 5.35. The highest BCUT2D eigenvalue weighted by Gasteiger charge is 2.20. The molecule has 2 aromatic rings. The Bertz CT molecular complexity index is 546. The van der Waals surface area contributed by atoms with Crippen LogP contribution in [-0.4, -0.2) is 11.0 Å². The van der Waals surface area contributed by atoms with Crippen LogP contribution >= 0.6 is 22.9 Å². The summed E-state index contributed by atoms with van der Waals surface area (Å²) in [6.45, 7) is 0.800. The number of hydrogen-bond donors (Lipinski definition) is 1. The fourth-order valence-corrected chi connectivity index (χ4v) is 2.97. The van der Waals surface area contributed by atoms with Crippen molar-refractivity contribution in [3.63, 3.8) is 0 Å². The van der Waals surface area contributed by atoms with E-state index in [2.05, 4.69) is 10.3 Å². The first-order valence-corrected chi connectivity index (χ1v) is 7.06. The van der Waals surface area contributed by atoms with Gasteiger partial charge in [0, 0.05) is 23.7 Å². The van der Waals surface area contributed by atoms with Crippen molar-refractivity contribution in [3.05, 3.63) is 40.1 Å². The van der Waals surface area contributed by atoms with Crippen LogP contribution in [0.15, 0.2) is 24.4 Å². The largest absolute Gasteiger partial charge is 0.309 e. The van der Waals surface area contributed by atoms with Crippen LogP contribution in [0.1, 0.15) is 17.7 Å². The molecular weight excluding hydrogens is 271 g/mol. The lowest BCUT2D eigenvalue weighted by molar-refractivity contribution is 0.631. The predicted octanol–water partition coefficient (Wildman–Crippen LogP) is 3.85. The van der Waals surface area contributed by atoms with E-state index < -0.39 is 0 Å². The second-order valence-corrected chi connectivity index (χ2v) is 5.91. The van der Waals surface area contributed by atoms with Gasteiger partial charge in [0.15, 0.2) is 0 Å². The highest BCUT2D eigenvalue weighted by molar-refractivity contribution is 7.15. The molecule has 0 spiro atoms. The standard InChI is InChI=1S/C13H12ClFN2S/c14-10-2-1-3-11(15)12(10)13-17-7-9(18-13)6-16-8-4-5-8/h1-3,7-8,16H,4-6H2. The first-order chi connectivity index (χ1) is 8.74. The number of aromatic nitrogens is 1. The molecule has 1 N–H and O–H groups in total. The van der Waals surface area contributed by atoms with E-state index >= 15 is 0 Å². The van der Waals surface area contributed by atoms with Crippen molar-refractivity contribution in [2.75, 3.05) is 0 Å². The molecule has 3 rings (SSSR count). The Hall–Kier alpha value is -0.970. The molecule has 0 saturated heterocycles. The van der Waals surface area contributed by atoms with Crippen LogP contribution < -0.4 is 5.32 Å². The number of rotatable bonds is 4. The molecule has 0 atom stereocenters. The molecule has 0 aliphatic heterocycles. The van der Waals surface area contributed by atoms with E-state index in [1.165, 1.54) is 30.2 Å². The molecule has 0 radical (unpaired) electrons. The number of nitrogens with zero attached hydrogens (tertiary/aromatic N) is 1. The van der Waals surface area contributed by atoms with Gasteiger partial charge in [0.05, 0.1) is 10.6 Å². The molecular formula is C13H12ClFN2S. The van der Waals surface area contributed by atoms with Gasteiger partial charge in [0.25, 0.3) is 0 Å². The summed E-state index contributed by atoms with van der Waals surface area (Å²) in [5, 5.41) is 4.46. The molecule has 94 valence electrons. The second-order valence-electron chi connectivity index (χ2n) is 4.38. The zero-order chi connectivity index (χ0) is 12.5. The number of nitrogens with one attached hydrogen (secondary N) is 1. The van der Waals surface area contributed by atoms with Crippen molar-refractivity contribution >= 4 is 22.9 Å². The minimum absolute atomic E-state index is 0.321. The summed E-state index contributed by atoms with van der Waals surface area (Å²) in [5.74, 6) is -0.321. The Morgan fingerprint density at radius 1 is 1.44 bits per heavy atom. The van der Waals surface area contributed by atoms with Crippen LogP contribution in [-0.2, 0) is 6.54 Å². The first kappa shape index (κ1) is 12.1. The summed E-state index contributed by atoms with van der Waals surface area (Å²) >= 11 is 7.51. The summed E-state index contributed by atoms with van der Waals surface area (Å²) < 4.78 is 13.7. The molecule has 1 aliphatic carbocycles. The lowest BCUT2D eigenvalue weighted by atomic mass is 10.2. The molecule has 1 heterocycles. The smallest absolute Gasteiger partial charge is 0.134 e. The van der Waals surface area contributed by atoms with Crippen LogP contribution in [0.3, 0.4) is 0 Å². The van der Waals surface area contributed by atoms with Crippen LogP contribution in [0.2, 0.25) is 5.02 Å². The Kier molecular flexibility index (Phi) is 3.33. The number of thiazole rings is 1. The summed E-state index contributed by atoms with van der Waals surface area (Å²) in [6.07, 6.45) is 4.30. The summed E-state index contributed by atoms with van der Waals surface area (Å²) in [5.41, 5.74) is 0.404. The lowest BCUT2D eigenvalue weighted by Crippen LogP contribution is -2.14. The molecule has 5 heteroatoms. The first-order valence-electron chi connectivity index (χ1n) is 5.86. The molecule has 18 heavy (non-hydrogen) atoms. The van der Waals surface area contributed by atoms with E-state index in [1.54, 1.807) is 18.3 Å². The summed E-state index contributed by atoms with van der Waals surface area (Å²) in [4.78, 5) is 5.37. The quantitative estimate of drug-likeness (QED) is 0.921. The minimum Gasteiger partial charge on any atom is -0.309 e. The van der Waals surface area contributed by atoms with Gasteiger partial charge in [-0.2, -0.15) is 0 Å². The van der Waals surface area contributed by atoms with Crippen molar-refractivity contribution < 1.29 is 4.39 Å². The molecule has 1 saturated carbocycles. The Labute approximate surface area is 114 Å². The maximum atomic E-state index is 13.7. The van der Waals surface area contributed by atoms with Gasteiger partial charge in [-0.1, -0.05) is 17.7 Å².